The monoisotopic (exact) mass is 532 g/mol. The highest BCUT2D eigenvalue weighted by Crippen LogP contribution is 2.29. The topological polar surface area (TPSA) is 142 Å². The molecule has 0 unspecified atom stereocenters. The lowest BCUT2D eigenvalue weighted by Gasteiger charge is -2.11. The molecule has 2 aromatic carbocycles. The second-order valence-electron chi connectivity index (χ2n) is 6.91. The fourth-order valence-electron chi connectivity index (χ4n) is 2.77. The van der Waals surface area contributed by atoms with Crippen molar-refractivity contribution in [1.29, 1.82) is 0 Å². The largest absolute Gasteiger partial charge is 0.513 e. The van der Waals surface area contributed by atoms with Crippen LogP contribution in [0.4, 0.5) is 19.2 Å². The third-order valence-corrected chi connectivity index (χ3v) is 4.19. The Morgan fingerprint density at radius 3 is 1.47 bits per heavy atom. The van der Waals surface area contributed by atoms with Gasteiger partial charge in [-0.05, 0) is 57.5 Å². The van der Waals surface area contributed by atoms with E-state index >= 15 is 0 Å². The zero-order valence-corrected chi connectivity index (χ0v) is 21.3. The third-order valence-electron chi connectivity index (χ3n) is 4.19. The zero-order valence-electron chi connectivity index (χ0n) is 21.3. The van der Waals surface area contributed by atoms with Gasteiger partial charge in [0.2, 0.25) is 0 Å². The average molecular weight is 532 g/mol. The lowest BCUT2D eigenvalue weighted by atomic mass is 10.1. The lowest BCUT2D eigenvalue weighted by molar-refractivity contribution is 0.100. The number of benzene rings is 2. The van der Waals surface area contributed by atoms with Crippen LogP contribution in [0, 0.1) is 0 Å². The van der Waals surface area contributed by atoms with Gasteiger partial charge in [0.25, 0.3) is 0 Å². The van der Waals surface area contributed by atoms with Crippen molar-refractivity contribution in [3.63, 3.8) is 0 Å². The fourth-order valence-corrected chi connectivity index (χ4v) is 2.77. The summed E-state index contributed by atoms with van der Waals surface area (Å²) >= 11 is 0. The van der Waals surface area contributed by atoms with Crippen LogP contribution in [0.2, 0.25) is 0 Å². The highest BCUT2D eigenvalue weighted by Gasteiger charge is 2.14. The first kappa shape index (κ1) is 29.5. The Morgan fingerprint density at radius 2 is 1.00 bits per heavy atom. The van der Waals surface area contributed by atoms with E-state index < -0.39 is 24.6 Å². The van der Waals surface area contributed by atoms with Gasteiger partial charge in [0.05, 0.1) is 26.4 Å². The van der Waals surface area contributed by atoms with Gasteiger partial charge in [-0.25, -0.2) is 19.2 Å². The quantitative estimate of drug-likeness (QED) is 0.153. The van der Waals surface area contributed by atoms with E-state index in [1.165, 1.54) is 36.4 Å². The Kier molecular flexibility index (Phi) is 11.9. The summed E-state index contributed by atoms with van der Waals surface area (Å²) in [5.41, 5.74) is 0.818. The predicted molar refractivity (Wildman–Crippen MR) is 132 cm³/mol. The van der Waals surface area contributed by atoms with E-state index in [0.717, 1.165) is 0 Å². The normalized spacial score (nSPS) is 10.3. The van der Waals surface area contributed by atoms with Gasteiger partial charge in [0.1, 0.15) is 23.0 Å². The Bertz CT molecular complexity index is 1120. The molecule has 12 nitrogen and oxygen atoms in total. The Labute approximate surface area is 218 Å². The Morgan fingerprint density at radius 1 is 0.553 bits per heavy atom. The number of carbonyl (C=O) groups excluding carboxylic acids is 4. The molecule has 0 aliphatic carbocycles. The summed E-state index contributed by atoms with van der Waals surface area (Å²) in [7, 11) is 0. The van der Waals surface area contributed by atoms with Crippen LogP contribution in [0.3, 0.4) is 0 Å². The molecule has 0 bridgehead atoms. The molecule has 0 spiro atoms. The van der Waals surface area contributed by atoms with Crippen molar-refractivity contribution in [3.05, 3.63) is 47.5 Å². The van der Waals surface area contributed by atoms with Gasteiger partial charge < -0.3 is 37.9 Å². The molecule has 0 N–H and O–H groups in total. The maximum absolute atomic E-state index is 12.0. The SMILES string of the molecule is CCOC(=O)Oc1cc(/C=C/c2ccc(OC(=O)OCC)cc2OC(=O)OCC)cc(OC(=O)OCC)c1. The number of rotatable bonds is 10. The van der Waals surface area contributed by atoms with Crippen molar-refractivity contribution < 1.29 is 57.1 Å². The van der Waals surface area contributed by atoms with Crippen LogP contribution in [-0.2, 0) is 18.9 Å². The summed E-state index contributed by atoms with van der Waals surface area (Å²) < 4.78 is 39.7. The van der Waals surface area contributed by atoms with Crippen molar-refractivity contribution in [3.8, 4) is 23.0 Å². The van der Waals surface area contributed by atoms with Crippen LogP contribution in [0.15, 0.2) is 36.4 Å². The molecule has 2 aromatic rings. The average Bonchev–Trinajstić information content (AvgIpc) is 2.84. The van der Waals surface area contributed by atoms with Crippen molar-refractivity contribution in [1.82, 2.24) is 0 Å². The highest BCUT2D eigenvalue weighted by molar-refractivity contribution is 5.77. The molecule has 0 aliphatic rings. The summed E-state index contributed by atoms with van der Waals surface area (Å²) in [6.45, 7) is 6.88. The van der Waals surface area contributed by atoms with Crippen LogP contribution in [0.25, 0.3) is 12.2 Å². The summed E-state index contributed by atoms with van der Waals surface area (Å²) in [5, 5.41) is 0. The fraction of sp³-hybridized carbons (Fsp3) is 0.308. The number of hydrogen-bond donors (Lipinski definition) is 0. The molecule has 0 saturated heterocycles. The molecule has 0 heterocycles. The third kappa shape index (κ3) is 10.1. The van der Waals surface area contributed by atoms with Crippen LogP contribution in [-0.4, -0.2) is 51.0 Å². The van der Waals surface area contributed by atoms with Crippen molar-refractivity contribution >= 4 is 36.8 Å². The molecule has 12 heteroatoms. The smallest absolute Gasteiger partial charge is 0.434 e. The molecule has 0 fully saturated rings. The second-order valence-corrected chi connectivity index (χ2v) is 6.91. The van der Waals surface area contributed by atoms with Gasteiger partial charge >= 0.3 is 24.6 Å². The molecule has 38 heavy (non-hydrogen) atoms. The molecule has 204 valence electrons. The van der Waals surface area contributed by atoms with Gasteiger partial charge in [0, 0.05) is 17.7 Å². The van der Waals surface area contributed by atoms with Gasteiger partial charge in [-0.1, -0.05) is 12.2 Å². The highest BCUT2D eigenvalue weighted by atomic mass is 16.7. The van der Waals surface area contributed by atoms with Gasteiger partial charge in [-0.15, -0.1) is 0 Å². The summed E-state index contributed by atoms with van der Waals surface area (Å²) in [5.74, 6) is 0.149. The minimum atomic E-state index is -0.967. The first-order valence-electron chi connectivity index (χ1n) is 11.6. The molecule has 0 saturated carbocycles. The molecule has 0 aromatic heterocycles. The van der Waals surface area contributed by atoms with Crippen molar-refractivity contribution in [2.24, 2.45) is 0 Å². The van der Waals surface area contributed by atoms with E-state index in [-0.39, 0.29) is 49.4 Å². The van der Waals surface area contributed by atoms with E-state index in [4.69, 9.17) is 37.9 Å². The molecule has 0 atom stereocenters. The Hall–Kier alpha value is -4.74. The van der Waals surface area contributed by atoms with Crippen LogP contribution in [0.1, 0.15) is 38.8 Å². The number of carbonyl (C=O) groups is 4. The molecule has 0 radical (unpaired) electrons. The minimum Gasteiger partial charge on any atom is -0.434 e. The molecular weight excluding hydrogens is 504 g/mol. The number of hydrogen-bond acceptors (Lipinski definition) is 12. The lowest BCUT2D eigenvalue weighted by Crippen LogP contribution is -2.12. The standard InChI is InChI=1S/C26H28O12/c1-5-31-23(27)35-19-12-11-18(22(16-19)38-26(30)34-8-4)10-9-17-13-20(36-24(28)32-6-2)15-21(14-17)37-25(29)33-7-3/h9-16H,5-8H2,1-4H3/b10-9+. The van der Waals surface area contributed by atoms with Crippen LogP contribution < -0.4 is 18.9 Å². The predicted octanol–water partition coefficient (Wildman–Crippen LogP) is 6.00. The van der Waals surface area contributed by atoms with Crippen LogP contribution in [0.5, 0.6) is 23.0 Å². The maximum atomic E-state index is 12.0. The molecular formula is C26H28O12. The van der Waals surface area contributed by atoms with Crippen LogP contribution >= 0.6 is 0 Å². The van der Waals surface area contributed by atoms with E-state index in [2.05, 4.69) is 0 Å². The molecule has 2 rings (SSSR count). The number of ether oxygens (including phenoxy) is 8. The minimum absolute atomic E-state index is 0.0171. The molecule has 0 amide bonds. The summed E-state index contributed by atoms with van der Waals surface area (Å²) in [4.78, 5) is 47.2. The van der Waals surface area contributed by atoms with Gasteiger partial charge in [-0.2, -0.15) is 0 Å². The maximum Gasteiger partial charge on any atom is 0.513 e. The summed E-state index contributed by atoms with van der Waals surface area (Å²) in [6.07, 6.45) is -0.665. The Balaban J connectivity index is 2.40. The molecule has 0 aliphatic heterocycles. The first-order valence-corrected chi connectivity index (χ1v) is 11.6. The zero-order chi connectivity index (χ0) is 27.9. The van der Waals surface area contributed by atoms with Gasteiger partial charge in [0.15, 0.2) is 0 Å². The van der Waals surface area contributed by atoms with Crippen molar-refractivity contribution in [2.75, 3.05) is 26.4 Å². The van der Waals surface area contributed by atoms with E-state index in [1.54, 1.807) is 39.8 Å². The van der Waals surface area contributed by atoms with Crippen molar-refractivity contribution in [2.45, 2.75) is 27.7 Å². The van der Waals surface area contributed by atoms with E-state index in [9.17, 15) is 19.2 Å². The summed E-state index contributed by atoms with van der Waals surface area (Å²) in [6, 6.07) is 8.56. The first-order chi connectivity index (χ1) is 18.3. The van der Waals surface area contributed by atoms with E-state index in [1.807, 2.05) is 0 Å². The van der Waals surface area contributed by atoms with Gasteiger partial charge in [-0.3, -0.25) is 0 Å². The van der Waals surface area contributed by atoms with E-state index in [0.29, 0.717) is 11.1 Å². The second kappa shape index (κ2) is 15.4.